The first-order valence-corrected chi connectivity index (χ1v) is 14.3. The predicted octanol–water partition coefficient (Wildman–Crippen LogP) is 2.51. The Morgan fingerprint density at radius 2 is 1.65 bits per heavy atom. The molecule has 214 valence electrons. The number of hydrogen-bond donors (Lipinski definition) is 3. The zero-order valence-electron chi connectivity index (χ0n) is 23.9. The summed E-state index contributed by atoms with van der Waals surface area (Å²) in [6.07, 6.45) is 6.69. The van der Waals surface area contributed by atoms with Crippen LogP contribution in [0.1, 0.15) is 36.8 Å². The zero-order valence-corrected chi connectivity index (χ0v) is 23.9. The van der Waals surface area contributed by atoms with Crippen LogP contribution in [-0.4, -0.2) is 103 Å². The maximum Gasteiger partial charge on any atom is 0.259 e. The van der Waals surface area contributed by atoms with Gasteiger partial charge in [0.2, 0.25) is 5.91 Å². The van der Waals surface area contributed by atoms with Crippen molar-refractivity contribution in [3.8, 4) is 0 Å². The highest BCUT2D eigenvalue weighted by molar-refractivity contribution is 6.32. The fourth-order valence-electron chi connectivity index (χ4n) is 5.47. The number of piperazine rings is 1. The summed E-state index contributed by atoms with van der Waals surface area (Å²) in [4.78, 5) is 43.2. The second-order valence-electron chi connectivity index (χ2n) is 11.0. The number of hydrogen-bond acceptors (Lipinski definition) is 9. The van der Waals surface area contributed by atoms with Crippen LogP contribution < -0.4 is 20.9 Å². The van der Waals surface area contributed by atoms with E-state index in [0.29, 0.717) is 42.3 Å². The average Bonchev–Trinajstić information content (AvgIpc) is 3.27. The summed E-state index contributed by atoms with van der Waals surface area (Å²) in [6.45, 7) is 6.94. The molecule has 0 spiro atoms. The van der Waals surface area contributed by atoms with Crippen molar-refractivity contribution in [2.75, 3.05) is 87.8 Å². The molecule has 5 rings (SSSR count). The minimum atomic E-state index is -0.227. The molecule has 3 aliphatic heterocycles. The van der Waals surface area contributed by atoms with Gasteiger partial charge in [-0.05, 0) is 57.2 Å². The molecular weight excluding hydrogens is 506 g/mol. The van der Waals surface area contributed by atoms with Crippen LogP contribution in [-0.2, 0) is 16.1 Å². The van der Waals surface area contributed by atoms with Crippen LogP contribution in [0.3, 0.4) is 0 Å². The lowest BCUT2D eigenvalue weighted by Crippen LogP contribution is -2.45. The van der Waals surface area contributed by atoms with Crippen molar-refractivity contribution in [3.05, 3.63) is 41.9 Å². The number of benzene rings is 1. The zero-order chi connectivity index (χ0) is 28.1. The fourth-order valence-corrected chi connectivity index (χ4v) is 5.47. The van der Waals surface area contributed by atoms with E-state index in [0.717, 1.165) is 64.2 Å². The average molecular weight is 548 g/mol. The first-order valence-electron chi connectivity index (χ1n) is 14.3. The van der Waals surface area contributed by atoms with E-state index in [1.54, 1.807) is 11.1 Å². The van der Waals surface area contributed by atoms with Gasteiger partial charge in [-0.25, -0.2) is 9.97 Å². The van der Waals surface area contributed by atoms with E-state index in [1.165, 1.54) is 17.6 Å². The summed E-state index contributed by atoms with van der Waals surface area (Å²) < 4.78 is 0. The molecule has 3 aliphatic rings. The molecule has 0 atom stereocenters. The van der Waals surface area contributed by atoms with Gasteiger partial charge in [0.25, 0.3) is 5.91 Å². The van der Waals surface area contributed by atoms with Gasteiger partial charge in [-0.1, -0.05) is 6.42 Å². The molecule has 2 bridgehead atoms. The second kappa shape index (κ2) is 12.6. The van der Waals surface area contributed by atoms with Gasteiger partial charge in [-0.15, -0.1) is 0 Å². The Morgan fingerprint density at radius 1 is 0.850 bits per heavy atom. The van der Waals surface area contributed by atoms with Crippen molar-refractivity contribution in [3.63, 3.8) is 0 Å². The van der Waals surface area contributed by atoms with E-state index in [-0.39, 0.29) is 11.8 Å². The molecule has 11 nitrogen and oxygen atoms in total. The van der Waals surface area contributed by atoms with E-state index in [1.807, 2.05) is 7.05 Å². The highest BCUT2D eigenvalue weighted by atomic mass is 16.2. The highest BCUT2D eigenvalue weighted by Crippen LogP contribution is 2.35. The Kier molecular flexibility index (Phi) is 8.81. The molecule has 0 unspecified atom stereocenters. The van der Waals surface area contributed by atoms with Crippen LogP contribution in [0.25, 0.3) is 5.57 Å². The van der Waals surface area contributed by atoms with Gasteiger partial charge in [-0.3, -0.25) is 9.59 Å². The summed E-state index contributed by atoms with van der Waals surface area (Å²) in [7, 11) is 6.17. The van der Waals surface area contributed by atoms with Crippen molar-refractivity contribution in [2.24, 2.45) is 0 Å². The summed E-state index contributed by atoms with van der Waals surface area (Å²) >= 11 is 0. The van der Waals surface area contributed by atoms with E-state index in [2.05, 4.69) is 72.9 Å². The predicted molar refractivity (Wildman–Crippen MR) is 159 cm³/mol. The molecule has 4 heterocycles. The molecule has 0 saturated carbocycles. The lowest BCUT2D eigenvalue weighted by molar-refractivity contribution is -0.129. The molecular formula is C29H41N9O2. The number of rotatable bonds is 1. The van der Waals surface area contributed by atoms with E-state index >= 15 is 0 Å². The van der Waals surface area contributed by atoms with Gasteiger partial charge in [-0.2, -0.15) is 0 Å². The van der Waals surface area contributed by atoms with Crippen molar-refractivity contribution in [1.82, 2.24) is 24.7 Å². The van der Waals surface area contributed by atoms with Gasteiger partial charge >= 0.3 is 0 Å². The number of nitrogens with zero attached hydrogens (tertiary/aromatic N) is 6. The Labute approximate surface area is 236 Å². The number of amides is 2. The van der Waals surface area contributed by atoms with Crippen LogP contribution in [0.15, 0.2) is 30.7 Å². The van der Waals surface area contributed by atoms with Crippen LogP contribution >= 0.6 is 0 Å². The highest BCUT2D eigenvalue weighted by Gasteiger charge is 2.29. The molecule has 40 heavy (non-hydrogen) atoms. The molecule has 1 fully saturated rings. The molecule has 1 aromatic heterocycles. The number of carbonyl (C=O) groups is 2. The van der Waals surface area contributed by atoms with Gasteiger partial charge in [0, 0.05) is 76.9 Å². The maximum atomic E-state index is 12.9. The Hall–Kier alpha value is -3.70. The monoisotopic (exact) mass is 547 g/mol. The SMILES string of the molecule is CN1CCN(c2ccc3cc2CN(C)CCCCCC(=O)N(C)CCNc2ncnc4c2/C(=C/N3)C(=O)N4)CC1. The first kappa shape index (κ1) is 27.9. The molecule has 2 amide bonds. The van der Waals surface area contributed by atoms with Gasteiger partial charge in [0.05, 0.1) is 11.1 Å². The lowest BCUT2D eigenvalue weighted by atomic mass is 10.1. The minimum Gasteiger partial charge on any atom is -0.369 e. The topological polar surface area (TPSA) is 109 Å². The summed E-state index contributed by atoms with van der Waals surface area (Å²) in [5, 5.41) is 9.52. The number of anilines is 4. The third kappa shape index (κ3) is 6.53. The normalized spacial score (nSPS) is 21.5. The fraction of sp³-hybridized carbons (Fsp3) is 0.517. The van der Waals surface area contributed by atoms with Crippen LogP contribution in [0.2, 0.25) is 0 Å². The van der Waals surface area contributed by atoms with E-state index in [9.17, 15) is 9.59 Å². The van der Waals surface area contributed by atoms with E-state index < -0.39 is 0 Å². The molecule has 11 heteroatoms. The quantitative estimate of drug-likeness (QED) is 0.496. The van der Waals surface area contributed by atoms with Crippen molar-refractivity contribution in [1.29, 1.82) is 0 Å². The van der Waals surface area contributed by atoms with Crippen LogP contribution in [0.5, 0.6) is 0 Å². The van der Waals surface area contributed by atoms with Gasteiger partial charge in [0.15, 0.2) is 0 Å². The molecule has 0 aliphatic carbocycles. The molecule has 3 N–H and O–H groups in total. The van der Waals surface area contributed by atoms with Crippen LogP contribution in [0.4, 0.5) is 23.0 Å². The third-order valence-corrected chi connectivity index (χ3v) is 7.94. The number of likely N-dealkylation sites (N-methyl/N-ethyl adjacent to an activating group) is 2. The van der Waals surface area contributed by atoms with Gasteiger partial charge in [0.1, 0.15) is 18.0 Å². The molecule has 1 saturated heterocycles. The first-order chi connectivity index (χ1) is 19.4. The minimum absolute atomic E-state index is 0.146. The largest absolute Gasteiger partial charge is 0.369 e. The molecule has 0 radical (unpaired) electrons. The Bertz CT molecular complexity index is 1260. The van der Waals surface area contributed by atoms with Crippen molar-refractivity contribution >= 4 is 40.4 Å². The van der Waals surface area contributed by atoms with E-state index in [4.69, 9.17) is 0 Å². The summed E-state index contributed by atoms with van der Waals surface area (Å²) in [6, 6.07) is 6.48. The Morgan fingerprint density at radius 3 is 2.48 bits per heavy atom. The van der Waals surface area contributed by atoms with Crippen molar-refractivity contribution in [2.45, 2.75) is 32.2 Å². The van der Waals surface area contributed by atoms with Gasteiger partial charge < -0.3 is 35.6 Å². The number of fused-ring (bicyclic) bond motifs is 2. The molecule has 2 aromatic rings. The third-order valence-electron chi connectivity index (χ3n) is 7.94. The number of carbonyl (C=O) groups excluding carboxylic acids is 2. The van der Waals surface area contributed by atoms with Crippen LogP contribution in [0, 0.1) is 0 Å². The number of nitrogens with one attached hydrogen (secondary N) is 3. The smallest absolute Gasteiger partial charge is 0.259 e. The van der Waals surface area contributed by atoms with Crippen molar-refractivity contribution < 1.29 is 9.59 Å². The lowest BCUT2D eigenvalue weighted by Gasteiger charge is -2.36. The maximum absolute atomic E-state index is 12.9. The summed E-state index contributed by atoms with van der Waals surface area (Å²) in [5.41, 5.74) is 4.55. The molecule has 1 aromatic carbocycles. The standard InChI is InChI=1S/C29H41N9O2/c1-35-13-15-38(16-14-35)24-9-8-22-17-21(24)19-36(2)11-6-4-5-7-25(39)37(3)12-10-30-27-26-23(18-31-22)29(40)34-28(26)33-20-32-27/h8-9,17-18,20,31H,4-7,10-16,19H2,1-3H3,(H2,30,32,33,34,40)/b23-18-. The number of aromatic nitrogens is 2. The second-order valence-corrected chi connectivity index (χ2v) is 11.0. The summed E-state index contributed by atoms with van der Waals surface area (Å²) in [5.74, 6) is 0.969. The Balaban J connectivity index is 1.45.